The first-order valence-corrected chi connectivity index (χ1v) is 9.42. The highest BCUT2D eigenvalue weighted by Crippen LogP contribution is 2.27. The van der Waals surface area contributed by atoms with Gasteiger partial charge in [-0.05, 0) is 44.4 Å². The van der Waals surface area contributed by atoms with E-state index in [4.69, 9.17) is 25.5 Å². The van der Waals surface area contributed by atoms with Gasteiger partial charge >= 0.3 is 24.3 Å². The summed E-state index contributed by atoms with van der Waals surface area (Å²) >= 11 is 0. The van der Waals surface area contributed by atoms with E-state index in [-0.39, 0.29) is 17.9 Å². The number of carboxylic acid groups (broad SMARTS) is 2. The number of hydrogen-bond donors (Lipinski definition) is 4. The van der Waals surface area contributed by atoms with E-state index in [2.05, 4.69) is 15.5 Å². The van der Waals surface area contributed by atoms with E-state index in [1.807, 2.05) is 31.2 Å². The minimum Gasteiger partial charge on any atom is -0.475 e. The van der Waals surface area contributed by atoms with Gasteiger partial charge in [-0.3, -0.25) is 4.79 Å². The second kappa shape index (κ2) is 11.6. The van der Waals surface area contributed by atoms with Crippen molar-refractivity contribution in [2.75, 3.05) is 5.32 Å². The van der Waals surface area contributed by atoms with Gasteiger partial charge in [0.25, 0.3) is 0 Å². The number of carbonyl (C=O) groups excluding carboxylic acids is 1. The van der Waals surface area contributed by atoms with Crippen molar-refractivity contribution >= 4 is 34.4 Å². The first-order valence-electron chi connectivity index (χ1n) is 9.42. The van der Waals surface area contributed by atoms with Gasteiger partial charge < -0.3 is 21.3 Å². The second-order valence-electron chi connectivity index (χ2n) is 7.09. The summed E-state index contributed by atoms with van der Waals surface area (Å²) in [7, 11) is 0. The fourth-order valence-electron chi connectivity index (χ4n) is 2.76. The van der Waals surface area contributed by atoms with E-state index in [0.717, 1.165) is 41.5 Å². The van der Waals surface area contributed by atoms with Gasteiger partial charge in [0.2, 0.25) is 5.91 Å². The van der Waals surface area contributed by atoms with Gasteiger partial charge in [-0.15, -0.1) is 0 Å². The molecule has 0 saturated heterocycles. The molecular formula is C19H20F6N4O5. The summed E-state index contributed by atoms with van der Waals surface area (Å²) < 4.78 is 63.5. The molecule has 34 heavy (non-hydrogen) atoms. The Morgan fingerprint density at radius 2 is 1.53 bits per heavy atom. The number of aliphatic carboxylic acids is 2. The summed E-state index contributed by atoms with van der Waals surface area (Å²) in [5, 5.41) is 26.4. The quantitative estimate of drug-likeness (QED) is 0.460. The monoisotopic (exact) mass is 498 g/mol. The highest BCUT2D eigenvalue weighted by molar-refractivity contribution is 6.01. The Morgan fingerprint density at radius 1 is 1.00 bits per heavy atom. The zero-order chi connectivity index (χ0) is 26.3. The lowest BCUT2D eigenvalue weighted by Gasteiger charge is -2.12. The number of nitrogens with zero attached hydrogens (tertiary/aromatic N) is 2. The van der Waals surface area contributed by atoms with Crippen molar-refractivity contribution in [3.63, 3.8) is 0 Å². The Labute approximate surface area is 187 Å². The molecule has 0 spiro atoms. The number of anilines is 1. The zero-order valence-corrected chi connectivity index (χ0v) is 17.4. The number of carboxylic acids is 2. The van der Waals surface area contributed by atoms with Crippen LogP contribution in [0.3, 0.4) is 0 Å². The molecule has 1 amide bonds. The number of nitrogens with one attached hydrogen (secondary N) is 1. The molecule has 3 rings (SSSR count). The van der Waals surface area contributed by atoms with Crippen molar-refractivity contribution in [2.24, 2.45) is 11.7 Å². The van der Waals surface area contributed by atoms with E-state index < -0.39 is 24.3 Å². The fourth-order valence-corrected chi connectivity index (χ4v) is 2.76. The Balaban J connectivity index is 0.000000343. The topological polar surface area (TPSA) is 156 Å². The second-order valence-corrected chi connectivity index (χ2v) is 7.09. The highest BCUT2D eigenvalue weighted by Gasteiger charge is 2.38. The molecule has 1 aromatic carbocycles. The summed E-state index contributed by atoms with van der Waals surface area (Å²) in [5.41, 5.74) is 8.29. The Morgan fingerprint density at radius 3 is 1.97 bits per heavy atom. The maximum absolute atomic E-state index is 12.3. The molecule has 1 aliphatic carbocycles. The minimum absolute atomic E-state index is 0.0242. The van der Waals surface area contributed by atoms with Crippen LogP contribution in [-0.2, 0) is 14.4 Å². The maximum atomic E-state index is 12.3. The molecule has 188 valence electrons. The molecule has 0 bridgehead atoms. The van der Waals surface area contributed by atoms with Gasteiger partial charge in [0, 0.05) is 17.3 Å². The number of aryl methyl sites for hydroxylation is 1. The van der Waals surface area contributed by atoms with Gasteiger partial charge in [-0.25, -0.2) is 9.59 Å². The Bertz CT molecular complexity index is 1000. The van der Waals surface area contributed by atoms with Crippen LogP contribution in [-0.4, -0.2) is 56.7 Å². The number of aromatic nitrogens is 2. The van der Waals surface area contributed by atoms with Crippen LogP contribution in [0.5, 0.6) is 0 Å². The third-order valence-electron chi connectivity index (χ3n) is 4.34. The standard InChI is InChI=1S/C15H18N4O.2C2HF3O2/c1-9-7-12-13(3-2-4-14(12)19-18-9)17-15(20)10-5-6-11(16)8-10;2*3-2(4,5)1(6)7/h2-4,7,10-11H,5-6,8,16H2,1H3,(H,17,20);2*(H,6,7)/t10-,11+;;/m1../s1. The van der Waals surface area contributed by atoms with E-state index in [1.54, 1.807) is 0 Å². The molecule has 5 N–H and O–H groups in total. The minimum atomic E-state index is -5.08. The number of amides is 1. The van der Waals surface area contributed by atoms with Crippen LogP contribution in [0.2, 0.25) is 0 Å². The normalized spacial score (nSPS) is 17.6. The molecule has 1 fully saturated rings. The number of alkyl halides is 6. The number of carbonyl (C=O) groups is 3. The Kier molecular flexibility index (Phi) is 9.72. The maximum Gasteiger partial charge on any atom is 0.490 e. The van der Waals surface area contributed by atoms with Crippen LogP contribution in [0.1, 0.15) is 25.0 Å². The van der Waals surface area contributed by atoms with E-state index in [1.165, 1.54) is 0 Å². The smallest absolute Gasteiger partial charge is 0.475 e. The predicted molar refractivity (Wildman–Crippen MR) is 106 cm³/mol. The van der Waals surface area contributed by atoms with Gasteiger partial charge in [-0.2, -0.15) is 36.5 Å². The SMILES string of the molecule is Cc1cc2c(NC(=O)[C@@H]3CC[C@H](N)C3)cccc2nn1.O=C(O)C(F)(F)F.O=C(O)C(F)(F)F. The van der Waals surface area contributed by atoms with E-state index in [0.29, 0.717) is 0 Å². The van der Waals surface area contributed by atoms with Crippen LogP contribution < -0.4 is 11.1 Å². The number of rotatable bonds is 2. The van der Waals surface area contributed by atoms with Crippen LogP contribution in [0.15, 0.2) is 24.3 Å². The fraction of sp³-hybridized carbons (Fsp3) is 0.421. The first kappa shape index (κ1) is 28.5. The first-order chi connectivity index (χ1) is 15.5. The number of benzene rings is 1. The molecule has 0 unspecified atom stereocenters. The molecule has 0 radical (unpaired) electrons. The van der Waals surface area contributed by atoms with Crippen molar-refractivity contribution in [3.05, 3.63) is 30.0 Å². The van der Waals surface area contributed by atoms with Crippen molar-refractivity contribution in [2.45, 2.75) is 44.6 Å². The van der Waals surface area contributed by atoms with Crippen LogP contribution in [0, 0.1) is 12.8 Å². The largest absolute Gasteiger partial charge is 0.490 e. The summed E-state index contributed by atoms with van der Waals surface area (Å²) in [6, 6.07) is 7.77. The third kappa shape index (κ3) is 9.17. The summed E-state index contributed by atoms with van der Waals surface area (Å²) in [4.78, 5) is 30.1. The van der Waals surface area contributed by atoms with Crippen LogP contribution in [0.25, 0.3) is 10.9 Å². The van der Waals surface area contributed by atoms with Crippen molar-refractivity contribution in [1.29, 1.82) is 0 Å². The van der Waals surface area contributed by atoms with Gasteiger partial charge in [0.15, 0.2) is 0 Å². The van der Waals surface area contributed by atoms with Crippen molar-refractivity contribution < 1.29 is 50.9 Å². The van der Waals surface area contributed by atoms with E-state index in [9.17, 15) is 31.1 Å². The molecule has 9 nitrogen and oxygen atoms in total. The van der Waals surface area contributed by atoms with Gasteiger partial charge in [-0.1, -0.05) is 6.07 Å². The molecule has 1 heterocycles. The third-order valence-corrected chi connectivity index (χ3v) is 4.34. The molecule has 15 heteroatoms. The number of halogens is 6. The lowest BCUT2D eigenvalue weighted by Crippen LogP contribution is -2.23. The number of nitrogens with two attached hydrogens (primary N) is 1. The summed E-state index contributed by atoms with van der Waals surface area (Å²) in [5.74, 6) is -5.43. The van der Waals surface area contributed by atoms with Crippen molar-refractivity contribution in [3.8, 4) is 0 Å². The molecule has 1 saturated carbocycles. The molecule has 1 aliphatic rings. The van der Waals surface area contributed by atoms with Crippen LogP contribution in [0.4, 0.5) is 32.0 Å². The zero-order valence-electron chi connectivity index (χ0n) is 17.4. The molecule has 0 aliphatic heterocycles. The molecule has 2 aromatic rings. The average Bonchev–Trinajstić information content (AvgIpc) is 3.14. The Hall–Kier alpha value is -3.49. The summed E-state index contributed by atoms with van der Waals surface area (Å²) in [6.07, 6.45) is -7.59. The average molecular weight is 498 g/mol. The highest BCUT2D eigenvalue weighted by atomic mass is 19.4. The van der Waals surface area contributed by atoms with Crippen LogP contribution >= 0.6 is 0 Å². The molecule has 1 aromatic heterocycles. The lowest BCUT2D eigenvalue weighted by atomic mass is 10.1. The number of fused-ring (bicyclic) bond motifs is 1. The number of hydrogen-bond acceptors (Lipinski definition) is 6. The molecule has 2 atom stereocenters. The van der Waals surface area contributed by atoms with Gasteiger partial charge in [0.05, 0.1) is 16.9 Å². The lowest BCUT2D eigenvalue weighted by molar-refractivity contribution is -0.193. The predicted octanol–water partition coefficient (Wildman–Crippen LogP) is 3.27. The molecular weight excluding hydrogens is 478 g/mol. The van der Waals surface area contributed by atoms with Crippen molar-refractivity contribution in [1.82, 2.24) is 10.2 Å². The summed E-state index contributed by atoms with van der Waals surface area (Å²) in [6.45, 7) is 1.89. The van der Waals surface area contributed by atoms with Gasteiger partial charge in [0.1, 0.15) is 0 Å². The van der Waals surface area contributed by atoms with E-state index >= 15 is 0 Å².